The molecule has 0 fully saturated rings. The molecule has 0 saturated carbocycles. The molecule has 0 saturated heterocycles. The van der Waals surface area contributed by atoms with E-state index in [9.17, 15) is 4.79 Å². The van der Waals surface area contributed by atoms with Crippen LogP contribution in [0.5, 0.6) is 0 Å². The van der Waals surface area contributed by atoms with E-state index in [-0.39, 0.29) is 18.6 Å². The number of hydrogen-bond acceptors (Lipinski definition) is 3. The number of aromatic nitrogens is 1. The molecule has 5 nitrogen and oxygen atoms in total. The Morgan fingerprint density at radius 2 is 1.93 bits per heavy atom. The number of amides is 2. The Balaban J connectivity index is 1.95. The molecule has 1 atom stereocenters. The molecule has 0 aliphatic carbocycles. The Hall–Kier alpha value is -3.52. The van der Waals surface area contributed by atoms with Crippen molar-refractivity contribution in [2.75, 3.05) is 18.5 Å². The van der Waals surface area contributed by atoms with Gasteiger partial charge in [0.05, 0.1) is 24.0 Å². The third-order valence-electron chi connectivity index (χ3n) is 5.23. The summed E-state index contributed by atoms with van der Waals surface area (Å²) in [6.45, 7) is 4.07. The second-order valence-corrected chi connectivity index (χ2v) is 6.96. The lowest BCUT2D eigenvalue weighted by Crippen LogP contribution is -2.48. The zero-order chi connectivity index (χ0) is 19.8. The minimum atomic E-state index is -0.253. The topological polar surface area (TPSA) is 49.6 Å². The maximum absolute atomic E-state index is 13.0. The van der Waals surface area contributed by atoms with Crippen LogP contribution in [0.2, 0.25) is 0 Å². The van der Waals surface area contributed by atoms with Gasteiger partial charge in [-0.1, -0.05) is 47.5 Å². The molecule has 2 amide bonds. The summed E-state index contributed by atoms with van der Waals surface area (Å²) < 4.78 is 5.35. The third kappa shape index (κ3) is 2.74. The second kappa shape index (κ2) is 6.90. The number of fused-ring (bicyclic) bond motifs is 1. The first-order valence-corrected chi connectivity index (χ1v) is 9.13. The van der Waals surface area contributed by atoms with Gasteiger partial charge in [-0.2, -0.15) is 0 Å². The molecule has 1 unspecified atom stereocenters. The Bertz CT molecular complexity index is 1060. The highest BCUT2D eigenvalue weighted by atomic mass is 16.5. The molecule has 28 heavy (non-hydrogen) atoms. The molecule has 140 valence electrons. The Kier molecular flexibility index (Phi) is 4.40. The number of benzene rings is 2. The number of carbonyl (C=O) groups excluding carboxylic acids is 1. The van der Waals surface area contributed by atoms with E-state index >= 15 is 0 Å². The van der Waals surface area contributed by atoms with Crippen molar-refractivity contribution in [3.05, 3.63) is 71.1 Å². The van der Waals surface area contributed by atoms with Crippen molar-refractivity contribution < 1.29 is 9.32 Å². The molecule has 0 N–H and O–H groups in total. The standard InChI is InChI=1S/C23H21N3O2/c1-5-13-26-22(17-9-7-6-8-10-17)19-14-18(21-15(2)24-28-16(21)3)11-12-20(19)25(4)23(26)27/h1,6-12,14,22H,13H2,2-4H3. The van der Waals surface area contributed by atoms with Gasteiger partial charge in [-0.05, 0) is 37.1 Å². The van der Waals surface area contributed by atoms with Gasteiger partial charge in [0.2, 0.25) is 0 Å². The Morgan fingerprint density at radius 3 is 2.57 bits per heavy atom. The Labute approximate surface area is 164 Å². The van der Waals surface area contributed by atoms with Gasteiger partial charge < -0.3 is 9.42 Å². The van der Waals surface area contributed by atoms with Crippen LogP contribution in [0, 0.1) is 26.2 Å². The number of aryl methyl sites for hydroxylation is 2. The molecular weight excluding hydrogens is 350 g/mol. The second-order valence-electron chi connectivity index (χ2n) is 6.96. The van der Waals surface area contributed by atoms with Crippen LogP contribution in [0.1, 0.15) is 28.6 Å². The molecule has 2 aromatic carbocycles. The van der Waals surface area contributed by atoms with E-state index in [1.54, 1.807) is 16.8 Å². The molecule has 1 aliphatic heterocycles. The molecule has 0 bridgehead atoms. The number of nitrogens with zero attached hydrogens (tertiary/aromatic N) is 3. The zero-order valence-corrected chi connectivity index (χ0v) is 16.1. The van der Waals surface area contributed by atoms with E-state index in [0.29, 0.717) is 0 Å². The molecular formula is C23H21N3O2. The van der Waals surface area contributed by atoms with Gasteiger partial charge >= 0.3 is 6.03 Å². The summed E-state index contributed by atoms with van der Waals surface area (Å²) in [5.41, 5.74) is 5.77. The molecule has 0 spiro atoms. The van der Waals surface area contributed by atoms with Crippen molar-refractivity contribution in [1.82, 2.24) is 10.1 Å². The summed E-state index contributed by atoms with van der Waals surface area (Å²) in [5.74, 6) is 3.41. The van der Waals surface area contributed by atoms with Crippen molar-refractivity contribution >= 4 is 11.7 Å². The number of urea groups is 1. The first-order valence-electron chi connectivity index (χ1n) is 9.13. The highest BCUT2D eigenvalue weighted by molar-refractivity contribution is 5.96. The summed E-state index contributed by atoms with van der Waals surface area (Å²) in [6.07, 6.45) is 5.59. The zero-order valence-electron chi connectivity index (χ0n) is 16.1. The van der Waals surface area contributed by atoms with Crippen LogP contribution in [0.25, 0.3) is 11.1 Å². The van der Waals surface area contributed by atoms with Crippen LogP contribution in [0.3, 0.4) is 0 Å². The fourth-order valence-corrected chi connectivity index (χ4v) is 3.96. The van der Waals surface area contributed by atoms with Crippen molar-refractivity contribution in [2.45, 2.75) is 19.9 Å². The number of terminal acetylenes is 1. The normalized spacial score (nSPS) is 16.1. The highest BCUT2D eigenvalue weighted by Gasteiger charge is 2.36. The molecule has 1 aromatic heterocycles. The largest absolute Gasteiger partial charge is 0.361 e. The maximum Gasteiger partial charge on any atom is 0.325 e. The van der Waals surface area contributed by atoms with E-state index in [2.05, 4.69) is 17.1 Å². The van der Waals surface area contributed by atoms with Crippen molar-refractivity contribution in [2.24, 2.45) is 0 Å². The van der Waals surface area contributed by atoms with Crippen LogP contribution in [-0.2, 0) is 0 Å². The summed E-state index contributed by atoms with van der Waals surface area (Å²) in [5, 5.41) is 4.08. The molecule has 4 rings (SSSR count). The molecule has 2 heterocycles. The number of carbonyl (C=O) groups is 1. The molecule has 1 aliphatic rings. The number of hydrogen-bond donors (Lipinski definition) is 0. The lowest BCUT2D eigenvalue weighted by atomic mass is 9.90. The van der Waals surface area contributed by atoms with E-state index in [1.807, 2.05) is 56.3 Å². The predicted molar refractivity (Wildman–Crippen MR) is 109 cm³/mol. The fourth-order valence-electron chi connectivity index (χ4n) is 3.96. The van der Waals surface area contributed by atoms with Crippen LogP contribution >= 0.6 is 0 Å². The van der Waals surface area contributed by atoms with Crippen molar-refractivity contribution in [3.63, 3.8) is 0 Å². The van der Waals surface area contributed by atoms with Gasteiger partial charge in [-0.3, -0.25) is 4.90 Å². The minimum absolute atomic E-state index is 0.107. The van der Waals surface area contributed by atoms with Crippen molar-refractivity contribution in [3.8, 4) is 23.5 Å². The number of rotatable bonds is 3. The summed E-state index contributed by atoms with van der Waals surface area (Å²) in [6, 6.07) is 15.7. The van der Waals surface area contributed by atoms with Gasteiger partial charge in [-0.25, -0.2) is 4.79 Å². The lowest BCUT2D eigenvalue weighted by Gasteiger charge is -2.41. The number of anilines is 1. The third-order valence-corrected chi connectivity index (χ3v) is 5.23. The summed E-state index contributed by atoms with van der Waals surface area (Å²) in [7, 11) is 1.78. The maximum atomic E-state index is 13.0. The van der Waals surface area contributed by atoms with Crippen LogP contribution < -0.4 is 4.90 Å². The monoisotopic (exact) mass is 371 g/mol. The van der Waals surface area contributed by atoms with Gasteiger partial charge in [0.15, 0.2) is 0 Å². The SMILES string of the molecule is C#CCN1C(=O)N(C)c2ccc(-c3c(C)noc3C)cc2C1c1ccccc1. The predicted octanol–water partition coefficient (Wildman–Crippen LogP) is 4.55. The van der Waals surface area contributed by atoms with E-state index < -0.39 is 0 Å². The van der Waals surface area contributed by atoms with Crippen molar-refractivity contribution in [1.29, 1.82) is 0 Å². The van der Waals surface area contributed by atoms with Gasteiger partial charge in [-0.15, -0.1) is 6.42 Å². The summed E-state index contributed by atoms with van der Waals surface area (Å²) >= 11 is 0. The average Bonchev–Trinajstić information content (AvgIpc) is 3.04. The molecule has 0 radical (unpaired) electrons. The highest BCUT2D eigenvalue weighted by Crippen LogP contribution is 2.42. The minimum Gasteiger partial charge on any atom is -0.361 e. The van der Waals surface area contributed by atoms with Crippen LogP contribution in [0.15, 0.2) is 53.1 Å². The van der Waals surface area contributed by atoms with Crippen LogP contribution in [0.4, 0.5) is 10.5 Å². The molecule has 3 aromatic rings. The van der Waals surface area contributed by atoms with Gasteiger partial charge in [0.1, 0.15) is 5.76 Å². The molecule has 5 heteroatoms. The van der Waals surface area contributed by atoms with Gasteiger partial charge in [0, 0.05) is 18.2 Å². The average molecular weight is 371 g/mol. The summed E-state index contributed by atoms with van der Waals surface area (Å²) in [4.78, 5) is 16.4. The quantitative estimate of drug-likeness (QED) is 0.635. The first kappa shape index (κ1) is 17.9. The smallest absolute Gasteiger partial charge is 0.325 e. The van der Waals surface area contributed by atoms with E-state index in [4.69, 9.17) is 10.9 Å². The van der Waals surface area contributed by atoms with E-state index in [0.717, 1.165) is 39.4 Å². The Morgan fingerprint density at radius 1 is 1.18 bits per heavy atom. The van der Waals surface area contributed by atoms with Crippen LogP contribution in [-0.4, -0.2) is 29.7 Å². The van der Waals surface area contributed by atoms with Gasteiger partial charge in [0.25, 0.3) is 0 Å². The van der Waals surface area contributed by atoms with E-state index in [1.165, 1.54) is 0 Å². The fraction of sp³-hybridized carbons (Fsp3) is 0.217. The first-order chi connectivity index (χ1) is 13.5. The lowest BCUT2D eigenvalue weighted by molar-refractivity contribution is 0.196.